The summed E-state index contributed by atoms with van der Waals surface area (Å²) in [5, 5.41) is 10.7. The molecular formula is C36H49ClN2O6S. The number of aliphatic hydroxyl groups excluding tert-OH is 1. The van der Waals surface area contributed by atoms with Crippen LogP contribution >= 0.6 is 11.6 Å². The van der Waals surface area contributed by atoms with E-state index in [-0.39, 0.29) is 17.4 Å². The lowest BCUT2D eigenvalue weighted by molar-refractivity contribution is 0.0461. The lowest BCUT2D eigenvalue weighted by Crippen LogP contribution is -2.44. The minimum Gasteiger partial charge on any atom is -0.487 e. The van der Waals surface area contributed by atoms with Crippen LogP contribution in [0.2, 0.25) is 5.02 Å². The summed E-state index contributed by atoms with van der Waals surface area (Å²) in [4.78, 5) is 15.7. The van der Waals surface area contributed by atoms with Crippen molar-refractivity contribution in [1.29, 1.82) is 0 Å². The maximum atomic E-state index is 13.4. The Bertz CT molecular complexity index is 1480. The van der Waals surface area contributed by atoms with Gasteiger partial charge in [-0.25, -0.2) is 13.1 Å². The van der Waals surface area contributed by atoms with Crippen molar-refractivity contribution in [2.75, 3.05) is 25.1 Å². The van der Waals surface area contributed by atoms with E-state index in [4.69, 9.17) is 21.1 Å². The number of hydrogen-bond donors (Lipinski definition) is 2. The monoisotopic (exact) mass is 672 g/mol. The van der Waals surface area contributed by atoms with Crippen LogP contribution in [-0.2, 0) is 27.8 Å². The Kier molecular flexibility index (Phi) is 13.2. The zero-order valence-corrected chi connectivity index (χ0v) is 28.9. The van der Waals surface area contributed by atoms with Crippen molar-refractivity contribution in [1.82, 2.24) is 4.72 Å². The molecule has 1 aliphatic carbocycles. The molecular weight excluding hydrogens is 624 g/mol. The standard InChI is InChI=1S/C36H49ClN2O6S/c1-5-7-8-13-33(40)31-18-15-28(31)23-39-20-10-9-12-26-21-30(37)17-14-29(26)24-45-35-19-16-27(22-32(35)39)36(41)38-46(42,43)25(3)34(44-4)11-6-2/h6,8,13-14,16-17,19,21-22,25,28,31,33-34,40H,2,5,7,9-12,15,18,20,23-24H2,1,3-4H3,(H,38,41)/b13-8+/t25-,28-,31+,33-,34+/m0/s1. The number of hydrogen-bond acceptors (Lipinski definition) is 7. The largest absolute Gasteiger partial charge is 0.487 e. The van der Waals surface area contributed by atoms with Crippen LogP contribution in [0.3, 0.4) is 0 Å². The van der Waals surface area contributed by atoms with E-state index in [2.05, 4.69) is 29.2 Å². The van der Waals surface area contributed by atoms with Gasteiger partial charge in [0.05, 0.1) is 17.9 Å². The van der Waals surface area contributed by atoms with Crippen molar-refractivity contribution in [3.8, 4) is 5.75 Å². The molecule has 2 N–H and O–H groups in total. The molecule has 8 nitrogen and oxygen atoms in total. The highest BCUT2D eigenvalue weighted by molar-refractivity contribution is 7.90. The zero-order chi connectivity index (χ0) is 33.3. The third kappa shape index (κ3) is 9.15. The quantitative estimate of drug-likeness (QED) is 0.224. The van der Waals surface area contributed by atoms with E-state index in [1.165, 1.54) is 14.0 Å². The molecule has 5 atom stereocenters. The van der Waals surface area contributed by atoms with Crippen LogP contribution in [0.5, 0.6) is 5.75 Å². The minimum absolute atomic E-state index is 0.157. The van der Waals surface area contributed by atoms with Gasteiger partial charge in [-0.2, -0.15) is 0 Å². The number of rotatable bonds is 13. The van der Waals surface area contributed by atoms with Gasteiger partial charge < -0.3 is 19.5 Å². The normalized spacial score (nSPS) is 20.7. The van der Waals surface area contributed by atoms with Gasteiger partial charge in [0.1, 0.15) is 17.6 Å². The molecule has 2 aliphatic rings. The molecule has 2 aromatic rings. The summed E-state index contributed by atoms with van der Waals surface area (Å²) >= 11 is 6.33. The van der Waals surface area contributed by atoms with Gasteiger partial charge in [-0.15, -0.1) is 6.58 Å². The SMILES string of the molecule is C=CC[C@@H](OC)[C@H](C)S(=O)(=O)NC(=O)c1ccc2c(c1)N(C[C@@H]1CC[C@H]1[C@@H](O)/C=C/CCC)CCCCc1cc(Cl)ccc1CO2. The molecule has 2 aromatic carbocycles. The first-order valence-corrected chi connectivity index (χ1v) is 18.3. The molecule has 1 saturated carbocycles. The lowest BCUT2D eigenvalue weighted by atomic mass is 9.70. The second kappa shape index (κ2) is 16.8. The van der Waals surface area contributed by atoms with Gasteiger partial charge in [0.15, 0.2) is 0 Å². The molecule has 0 unspecified atom stereocenters. The fourth-order valence-electron chi connectivity index (χ4n) is 6.30. The molecule has 0 saturated heterocycles. The van der Waals surface area contributed by atoms with Gasteiger partial charge >= 0.3 is 0 Å². The van der Waals surface area contributed by atoms with Crippen LogP contribution < -0.4 is 14.4 Å². The van der Waals surface area contributed by atoms with E-state index in [1.807, 2.05) is 24.3 Å². The number of benzene rings is 2. The van der Waals surface area contributed by atoms with E-state index in [1.54, 1.807) is 24.3 Å². The summed E-state index contributed by atoms with van der Waals surface area (Å²) in [6.45, 7) is 9.06. The van der Waals surface area contributed by atoms with Gasteiger partial charge in [0.2, 0.25) is 10.0 Å². The Balaban J connectivity index is 1.64. The van der Waals surface area contributed by atoms with Gasteiger partial charge in [-0.1, -0.05) is 49.2 Å². The molecule has 1 fully saturated rings. The van der Waals surface area contributed by atoms with Crippen LogP contribution in [-0.4, -0.2) is 57.1 Å². The molecule has 4 rings (SSSR count). The number of methoxy groups -OCH3 is 1. The molecule has 0 aromatic heterocycles. The Hall–Kier alpha value is -2.85. The van der Waals surface area contributed by atoms with Gasteiger partial charge in [-0.05, 0) is 105 Å². The Morgan fingerprint density at radius 2 is 2.02 bits per heavy atom. The predicted molar refractivity (Wildman–Crippen MR) is 185 cm³/mol. The number of aliphatic hydroxyl groups is 1. The fourth-order valence-corrected chi connectivity index (χ4v) is 7.68. The van der Waals surface area contributed by atoms with Gasteiger partial charge in [-0.3, -0.25) is 4.79 Å². The third-order valence-corrected chi connectivity index (χ3v) is 11.3. The van der Waals surface area contributed by atoms with Crippen molar-refractivity contribution >= 4 is 33.2 Å². The lowest BCUT2D eigenvalue weighted by Gasteiger charge is -2.42. The molecule has 0 spiro atoms. The average Bonchev–Trinajstić information content (AvgIpc) is 3.04. The number of aryl methyl sites for hydroxylation is 1. The van der Waals surface area contributed by atoms with Crippen molar-refractivity contribution in [3.63, 3.8) is 0 Å². The van der Waals surface area contributed by atoms with Crippen molar-refractivity contribution in [3.05, 3.63) is 82.9 Å². The zero-order valence-electron chi connectivity index (χ0n) is 27.3. The number of nitrogens with zero attached hydrogens (tertiary/aromatic N) is 1. The topological polar surface area (TPSA) is 105 Å². The van der Waals surface area contributed by atoms with Crippen molar-refractivity contribution in [2.45, 2.75) is 89.3 Å². The van der Waals surface area contributed by atoms with Gasteiger partial charge in [0.25, 0.3) is 5.91 Å². The molecule has 0 radical (unpaired) electrons. The van der Waals surface area contributed by atoms with Gasteiger partial charge in [0, 0.05) is 30.8 Å². The highest BCUT2D eigenvalue weighted by Gasteiger charge is 2.37. The number of unbranched alkanes of at least 4 members (excludes halogenated alkanes) is 1. The Morgan fingerprint density at radius 1 is 1.22 bits per heavy atom. The number of amides is 1. The highest BCUT2D eigenvalue weighted by atomic mass is 35.5. The van der Waals surface area contributed by atoms with E-state index >= 15 is 0 Å². The van der Waals surface area contributed by atoms with E-state index in [9.17, 15) is 18.3 Å². The van der Waals surface area contributed by atoms with Crippen LogP contribution in [0.25, 0.3) is 0 Å². The van der Waals surface area contributed by atoms with Crippen molar-refractivity contribution in [2.24, 2.45) is 11.8 Å². The highest BCUT2D eigenvalue weighted by Crippen LogP contribution is 2.41. The first-order valence-electron chi connectivity index (χ1n) is 16.4. The number of ether oxygens (including phenoxy) is 2. The van der Waals surface area contributed by atoms with Crippen LogP contribution in [0.4, 0.5) is 5.69 Å². The minimum atomic E-state index is -4.04. The second-order valence-corrected chi connectivity index (χ2v) is 15.0. The van der Waals surface area contributed by atoms with Crippen LogP contribution in [0.1, 0.15) is 80.3 Å². The molecule has 1 aliphatic heterocycles. The maximum absolute atomic E-state index is 13.4. The molecule has 10 heteroatoms. The van der Waals surface area contributed by atoms with E-state index in [0.717, 1.165) is 61.8 Å². The number of sulfonamides is 1. The van der Waals surface area contributed by atoms with Crippen LogP contribution in [0.15, 0.2) is 61.2 Å². The summed E-state index contributed by atoms with van der Waals surface area (Å²) in [7, 11) is -2.60. The summed E-state index contributed by atoms with van der Waals surface area (Å²) in [5.74, 6) is 0.324. The molecule has 0 bridgehead atoms. The van der Waals surface area contributed by atoms with Crippen LogP contribution in [0, 0.1) is 11.8 Å². The number of anilines is 1. The summed E-state index contributed by atoms with van der Waals surface area (Å²) in [5.41, 5.74) is 3.16. The number of fused-ring (bicyclic) bond motifs is 2. The molecule has 46 heavy (non-hydrogen) atoms. The third-order valence-electron chi connectivity index (χ3n) is 9.35. The summed E-state index contributed by atoms with van der Waals surface area (Å²) in [6.07, 6.45) is 11.4. The first-order chi connectivity index (χ1) is 22.1. The number of halogens is 1. The maximum Gasteiger partial charge on any atom is 0.264 e. The summed E-state index contributed by atoms with van der Waals surface area (Å²) < 4.78 is 40.4. The Labute approximate surface area is 279 Å². The Morgan fingerprint density at radius 3 is 2.72 bits per heavy atom. The number of allylic oxidation sites excluding steroid dienone is 1. The van der Waals surface area contributed by atoms with Crippen molar-refractivity contribution < 1.29 is 27.8 Å². The molecule has 252 valence electrons. The number of carbonyl (C=O) groups excluding carboxylic acids is 1. The second-order valence-electron chi connectivity index (χ2n) is 12.5. The van der Waals surface area contributed by atoms with E-state index in [0.29, 0.717) is 36.9 Å². The fraction of sp³-hybridized carbons (Fsp3) is 0.528. The predicted octanol–water partition coefficient (Wildman–Crippen LogP) is 6.84. The van der Waals surface area contributed by atoms with E-state index < -0.39 is 33.4 Å². The molecule has 1 heterocycles. The first kappa shape index (κ1) is 36.0. The number of carbonyl (C=O) groups is 1. The molecule has 1 amide bonds. The number of nitrogens with one attached hydrogen (secondary N) is 1. The smallest absolute Gasteiger partial charge is 0.264 e. The summed E-state index contributed by atoms with van der Waals surface area (Å²) in [6, 6.07) is 10.9. The average molecular weight is 673 g/mol.